The summed E-state index contributed by atoms with van der Waals surface area (Å²) in [5, 5.41) is 4.12. The van der Waals surface area contributed by atoms with Gasteiger partial charge in [0.15, 0.2) is 16.7 Å². The first-order valence-corrected chi connectivity index (χ1v) is 7.74. The number of aryl methyl sites for hydroxylation is 1. The van der Waals surface area contributed by atoms with Crippen LogP contribution in [0.15, 0.2) is 35.6 Å². The van der Waals surface area contributed by atoms with Gasteiger partial charge in [-0.15, -0.1) is 0 Å². The molecule has 0 amide bonds. The molecular formula is C15H17N3O2S. The second-order valence-corrected chi connectivity index (χ2v) is 5.73. The van der Waals surface area contributed by atoms with E-state index in [2.05, 4.69) is 21.4 Å². The van der Waals surface area contributed by atoms with Crippen molar-refractivity contribution in [1.29, 1.82) is 0 Å². The van der Waals surface area contributed by atoms with Crippen LogP contribution in [0.4, 0.5) is 0 Å². The van der Waals surface area contributed by atoms with Crippen molar-refractivity contribution in [3.8, 4) is 11.5 Å². The summed E-state index contributed by atoms with van der Waals surface area (Å²) in [6.07, 6.45) is 1.79. The molecular weight excluding hydrogens is 286 g/mol. The van der Waals surface area contributed by atoms with E-state index in [9.17, 15) is 0 Å². The Hall–Kier alpha value is -1.79. The molecule has 0 fully saturated rings. The SMILES string of the molecule is CNC(CSc1nccc(C)n1)c1ccc2c(c1)OCO2. The van der Waals surface area contributed by atoms with Crippen molar-refractivity contribution in [1.82, 2.24) is 15.3 Å². The van der Waals surface area contributed by atoms with Crippen molar-refractivity contribution in [2.45, 2.75) is 18.1 Å². The quantitative estimate of drug-likeness (QED) is 0.677. The zero-order valence-corrected chi connectivity index (χ0v) is 12.8. The van der Waals surface area contributed by atoms with Crippen molar-refractivity contribution < 1.29 is 9.47 Å². The Morgan fingerprint density at radius 2 is 2.14 bits per heavy atom. The van der Waals surface area contributed by atoms with E-state index in [-0.39, 0.29) is 6.04 Å². The monoisotopic (exact) mass is 303 g/mol. The number of fused-ring (bicyclic) bond motifs is 1. The van der Waals surface area contributed by atoms with E-state index in [4.69, 9.17) is 9.47 Å². The predicted octanol–water partition coefficient (Wildman–Crippen LogP) is 2.57. The fraction of sp³-hybridized carbons (Fsp3) is 0.333. The van der Waals surface area contributed by atoms with Crippen molar-refractivity contribution in [2.75, 3.05) is 19.6 Å². The summed E-state index contributed by atoms with van der Waals surface area (Å²) >= 11 is 1.64. The maximum Gasteiger partial charge on any atom is 0.231 e. The number of nitrogens with one attached hydrogen (secondary N) is 1. The van der Waals surface area contributed by atoms with Crippen LogP contribution in [0.5, 0.6) is 11.5 Å². The predicted molar refractivity (Wildman–Crippen MR) is 81.9 cm³/mol. The van der Waals surface area contributed by atoms with Crippen LogP contribution in [0.3, 0.4) is 0 Å². The van der Waals surface area contributed by atoms with Gasteiger partial charge in [-0.1, -0.05) is 17.8 Å². The third kappa shape index (κ3) is 3.28. The summed E-state index contributed by atoms with van der Waals surface area (Å²) in [5.74, 6) is 2.47. The Morgan fingerprint density at radius 3 is 2.95 bits per heavy atom. The minimum absolute atomic E-state index is 0.202. The summed E-state index contributed by atoms with van der Waals surface area (Å²) < 4.78 is 10.8. The van der Waals surface area contributed by atoms with E-state index in [1.807, 2.05) is 32.2 Å². The van der Waals surface area contributed by atoms with Gasteiger partial charge in [0.1, 0.15) is 0 Å². The molecule has 0 radical (unpaired) electrons. The van der Waals surface area contributed by atoms with E-state index in [0.29, 0.717) is 6.79 Å². The summed E-state index contributed by atoms with van der Waals surface area (Å²) in [5.41, 5.74) is 2.15. The van der Waals surface area contributed by atoms with Gasteiger partial charge in [-0.05, 0) is 37.7 Å². The molecule has 0 bridgehead atoms. The first kappa shape index (κ1) is 14.2. The molecule has 1 N–H and O–H groups in total. The molecule has 1 aliphatic heterocycles. The number of hydrogen-bond acceptors (Lipinski definition) is 6. The Kier molecular flexibility index (Phi) is 4.26. The smallest absolute Gasteiger partial charge is 0.231 e. The topological polar surface area (TPSA) is 56.3 Å². The lowest BCUT2D eigenvalue weighted by Crippen LogP contribution is -2.18. The lowest BCUT2D eigenvalue weighted by atomic mass is 10.1. The number of nitrogens with zero attached hydrogens (tertiary/aromatic N) is 2. The van der Waals surface area contributed by atoms with Crippen LogP contribution < -0.4 is 14.8 Å². The van der Waals surface area contributed by atoms with Gasteiger partial charge < -0.3 is 14.8 Å². The summed E-state index contributed by atoms with van der Waals surface area (Å²) in [4.78, 5) is 8.69. The summed E-state index contributed by atoms with van der Waals surface area (Å²) in [6, 6.07) is 8.15. The highest BCUT2D eigenvalue weighted by atomic mass is 32.2. The molecule has 110 valence electrons. The molecule has 0 spiro atoms. The molecule has 3 rings (SSSR count). The second-order valence-electron chi connectivity index (χ2n) is 4.75. The van der Waals surface area contributed by atoms with Gasteiger partial charge in [0.2, 0.25) is 6.79 Å². The Bertz CT molecular complexity index is 636. The first-order valence-electron chi connectivity index (χ1n) is 6.75. The Morgan fingerprint density at radius 1 is 1.29 bits per heavy atom. The van der Waals surface area contributed by atoms with Crippen molar-refractivity contribution >= 4 is 11.8 Å². The molecule has 1 aromatic carbocycles. The van der Waals surface area contributed by atoms with E-state index in [1.54, 1.807) is 18.0 Å². The third-order valence-corrected chi connectivity index (χ3v) is 4.25. The van der Waals surface area contributed by atoms with Crippen LogP contribution in [0.2, 0.25) is 0 Å². The zero-order chi connectivity index (χ0) is 14.7. The molecule has 1 aliphatic rings. The molecule has 6 heteroatoms. The highest BCUT2D eigenvalue weighted by molar-refractivity contribution is 7.99. The first-order chi connectivity index (χ1) is 10.3. The lowest BCUT2D eigenvalue weighted by Gasteiger charge is -2.16. The number of hydrogen-bond donors (Lipinski definition) is 1. The van der Waals surface area contributed by atoms with E-state index in [0.717, 1.165) is 28.1 Å². The summed E-state index contributed by atoms with van der Waals surface area (Å²) in [6.45, 7) is 2.27. The lowest BCUT2D eigenvalue weighted by molar-refractivity contribution is 0.174. The highest BCUT2D eigenvalue weighted by Gasteiger charge is 2.17. The molecule has 2 heterocycles. The van der Waals surface area contributed by atoms with Gasteiger partial charge >= 0.3 is 0 Å². The average molecular weight is 303 g/mol. The molecule has 0 aliphatic carbocycles. The maximum absolute atomic E-state index is 5.43. The number of aromatic nitrogens is 2. The standard InChI is InChI=1S/C15H17N3O2S/c1-10-5-6-17-15(18-10)21-8-12(16-2)11-3-4-13-14(7-11)20-9-19-13/h3-7,12,16H,8-9H2,1-2H3. The highest BCUT2D eigenvalue weighted by Crippen LogP contribution is 2.35. The fourth-order valence-corrected chi connectivity index (χ4v) is 3.15. The van der Waals surface area contributed by atoms with E-state index < -0.39 is 0 Å². The minimum Gasteiger partial charge on any atom is -0.454 e. The minimum atomic E-state index is 0.202. The number of benzene rings is 1. The molecule has 21 heavy (non-hydrogen) atoms. The van der Waals surface area contributed by atoms with Gasteiger partial charge in [0.05, 0.1) is 0 Å². The van der Waals surface area contributed by atoms with Gasteiger partial charge in [0, 0.05) is 23.7 Å². The normalized spacial score (nSPS) is 14.2. The van der Waals surface area contributed by atoms with Crippen LogP contribution >= 0.6 is 11.8 Å². The van der Waals surface area contributed by atoms with Crippen LogP contribution in [0.1, 0.15) is 17.3 Å². The maximum atomic E-state index is 5.43. The Balaban J connectivity index is 1.70. The second kappa shape index (κ2) is 6.32. The molecule has 1 aromatic heterocycles. The van der Waals surface area contributed by atoms with Crippen LogP contribution in [0, 0.1) is 6.92 Å². The fourth-order valence-electron chi connectivity index (χ4n) is 2.13. The number of rotatable bonds is 5. The zero-order valence-electron chi connectivity index (χ0n) is 12.0. The van der Waals surface area contributed by atoms with Gasteiger partial charge in [0.25, 0.3) is 0 Å². The number of thioether (sulfide) groups is 1. The summed E-state index contributed by atoms with van der Waals surface area (Å²) in [7, 11) is 1.95. The molecule has 5 nitrogen and oxygen atoms in total. The van der Waals surface area contributed by atoms with E-state index in [1.165, 1.54) is 5.56 Å². The Labute approximate surface area is 128 Å². The molecule has 1 atom stereocenters. The third-order valence-electron chi connectivity index (χ3n) is 3.30. The molecule has 0 saturated heterocycles. The van der Waals surface area contributed by atoms with Gasteiger partial charge in [-0.3, -0.25) is 0 Å². The van der Waals surface area contributed by atoms with Crippen LogP contribution in [-0.2, 0) is 0 Å². The van der Waals surface area contributed by atoms with Crippen LogP contribution in [-0.4, -0.2) is 29.6 Å². The largest absolute Gasteiger partial charge is 0.454 e. The van der Waals surface area contributed by atoms with Gasteiger partial charge in [-0.2, -0.15) is 0 Å². The van der Waals surface area contributed by atoms with Crippen molar-refractivity contribution in [2.24, 2.45) is 0 Å². The van der Waals surface area contributed by atoms with E-state index >= 15 is 0 Å². The van der Waals surface area contributed by atoms with Gasteiger partial charge in [-0.25, -0.2) is 9.97 Å². The van der Waals surface area contributed by atoms with Crippen molar-refractivity contribution in [3.05, 3.63) is 41.7 Å². The molecule has 0 saturated carbocycles. The molecule has 2 aromatic rings. The van der Waals surface area contributed by atoms with Crippen molar-refractivity contribution in [3.63, 3.8) is 0 Å². The number of ether oxygens (including phenoxy) is 2. The molecule has 1 unspecified atom stereocenters. The average Bonchev–Trinajstić information content (AvgIpc) is 2.95. The van der Waals surface area contributed by atoms with Crippen LogP contribution in [0.25, 0.3) is 0 Å².